The molecule has 0 amide bonds. The van der Waals surface area contributed by atoms with Gasteiger partial charge in [-0.25, -0.2) is 4.68 Å². The first-order valence-corrected chi connectivity index (χ1v) is 4.61. The predicted molar refractivity (Wildman–Crippen MR) is 57.4 cm³/mol. The van der Waals surface area contributed by atoms with E-state index in [2.05, 4.69) is 15.3 Å². The molecule has 0 atom stereocenters. The number of nitrogens with one attached hydrogen (secondary N) is 1. The summed E-state index contributed by atoms with van der Waals surface area (Å²) in [5.74, 6) is 0.119. The summed E-state index contributed by atoms with van der Waals surface area (Å²) >= 11 is 5.20. The molecule has 0 aromatic carbocycles. The van der Waals surface area contributed by atoms with Crippen LogP contribution in [-0.2, 0) is 6.42 Å². The number of aliphatic hydroxyl groups is 1. The van der Waals surface area contributed by atoms with E-state index in [-0.39, 0.29) is 12.4 Å². The Balaban J connectivity index is 2.65. The lowest BCUT2D eigenvalue weighted by Crippen LogP contribution is -2.07. The number of rotatable bonds is 4. The van der Waals surface area contributed by atoms with Gasteiger partial charge in [0.1, 0.15) is 5.84 Å². The molecule has 0 fully saturated rings. The minimum atomic E-state index is 0.0123. The zero-order valence-electron chi connectivity index (χ0n) is 7.84. The molecule has 6 nitrogen and oxygen atoms in total. The second-order valence-electron chi connectivity index (χ2n) is 2.58. The highest BCUT2D eigenvalue weighted by molar-refractivity contribution is 6.56. The molecule has 7 heteroatoms. The number of allylic oxidation sites excluding steroid dienone is 1. The molecule has 1 rings (SSSR count). The second-order valence-corrected chi connectivity index (χ2v) is 2.77. The van der Waals surface area contributed by atoms with Crippen LogP contribution >= 0.6 is 11.6 Å². The molecule has 0 radical (unpaired) electrons. The Morgan fingerprint density at radius 1 is 1.73 bits per heavy atom. The molecule has 1 aromatic heterocycles. The molecule has 0 unspecified atom stereocenters. The second kappa shape index (κ2) is 6.05. The molecule has 1 heterocycles. The van der Waals surface area contributed by atoms with E-state index in [0.717, 1.165) is 5.67 Å². The summed E-state index contributed by atoms with van der Waals surface area (Å²) in [6.45, 7) is 0.0123. The van der Waals surface area contributed by atoms with E-state index in [4.69, 9.17) is 22.1 Å². The lowest BCUT2D eigenvalue weighted by molar-refractivity contribution is 0.298. The van der Waals surface area contributed by atoms with E-state index in [1.165, 1.54) is 17.0 Å². The summed E-state index contributed by atoms with van der Waals surface area (Å²) in [4.78, 5) is 3.60. The normalized spacial score (nSPS) is 11.6. The van der Waals surface area contributed by atoms with Gasteiger partial charge in [-0.1, -0.05) is 16.8 Å². The van der Waals surface area contributed by atoms with Crippen LogP contribution in [0, 0.1) is 5.41 Å². The van der Waals surface area contributed by atoms with E-state index < -0.39 is 0 Å². The summed E-state index contributed by atoms with van der Waals surface area (Å²) in [5, 5.41) is 23.7. The van der Waals surface area contributed by atoms with Crippen LogP contribution in [0.15, 0.2) is 23.5 Å². The van der Waals surface area contributed by atoms with Crippen molar-refractivity contribution in [3.63, 3.8) is 0 Å². The first-order valence-electron chi connectivity index (χ1n) is 4.17. The van der Waals surface area contributed by atoms with Crippen LogP contribution in [0.25, 0.3) is 0 Å². The van der Waals surface area contributed by atoms with Crippen LogP contribution in [0.2, 0.25) is 0 Å². The van der Waals surface area contributed by atoms with E-state index in [1.807, 2.05) is 0 Å². The third kappa shape index (κ3) is 3.61. The van der Waals surface area contributed by atoms with Crippen LogP contribution in [-0.4, -0.2) is 38.2 Å². The molecule has 80 valence electrons. The van der Waals surface area contributed by atoms with E-state index >= 15 is 0 Å². The average molecular weight is 228 g/mol. The Morgan fingerprint density at radius 3 is 3.20 bits per heavy atom. The van der Waals surface area contributed by atoms with Crippen molar-refractivity contribution in [3.05, 3.63) is 24.2 Å². The Kier molecular flexibility index (Phi) is 4.65. The van der Waals surface area contributed by atoms with E-state index in [0.29, 0.717) is 12.1 Å². The topological polar surface area (TPSA) is 87.2 Å². The molecule has 0 aliphatic carbocycles. The highest BCUT2D eigenvalue weighted by Gasteiger charge is 2.01. The summed E-state index contributed by atoms with van der Waals surface area (Å²) in [7, 11) is 0. The summed E-state index contributed by atoms with van der Waals surface area (Å²) in [6.07, 6.45) is 4.81. The predicted octanol–water partition coefficient (Wildman–Crippen LogP) is 0.419. The van der Waals surface area contributed by atoms with Gasteiger partial charge in [-0.2, -0.15) is 0 Å². The highest BCUT2D eigenvalue weighted by atomic mass is 35.5. The first kappa shape index (κ1) is 11.5. The molecule has 0 saturated carbocycles. The monoisotopic (exact) mass is 227 g/mol. The van der Waals surface area contributed by atoms with Gasteiger partial charge in [0.15, 0.2) is 0 Å². The Hall–Kier alpha value is -1.53. The highest BCUT2D eigenvalue weighted by Crippen LogP contribution is 1.94. The smallest absolute Gasteiger partial charge is 0.149 e. The largest absolute Gasteiger partial charge is 0.396 e. The molecular weight excluding hydrogens is 218 g/mol. The number of aliphatic imine (C=N–C) groups is 1. The van der Waals surface area contributed by atoms with E-state index in [1.54, 1.807) is 6.20 Å². The SMILES string of the molecule is N=C(/C=C\N=CCl)n1cc(CCO)nn1. The molecule has 0 saturated heterocycles. The fourth-order valence-electron chi connectivity index (χ4n) is 0.868. The quantitative estimate of drug-likeness (QED) is 0.577. The van der Waals surface area contributed by atoms with Crippen molar-refractivity contribution in [1.29, 1.82) is 5.41 Å². The maximum absolute atomic E-state index is 8.66. The maximum atomic E-state index is 8.66. The summed E-state index contributed by atoms with van der Waals surface area (Å²) in [6, 6.07) is 0. The lowest BCUT2D eigenvalue weighted by Gasteiger charge is -1.93. The lowest BCUT2D eigenvalue weighted by atomic mass is 10.3. The molecule has 0 spiro atoms. The third-order valence-electron chi connectivity index (χ3n) is 1.53. The summed E-state index contributed by atoms with van der Waals surface area (Å²) in [5.41, 5.74) is 1.74. The van der Waals surface area contributed by atoms with Gasteiger partial charge in [-0.15, -0.1) is 5.10 Å². The van der Waals surface area contributed by atoms with Crippen LogP contribution in [0.4, 0.5) is 0 Å². The molecule has 0 bridgehead atoms. The van der Waals surface area contributed by atoms with E-state index in [9.17, 15) is 0 Å². The minimum Gasteiger partial charge on any atom is -0.396 e. The maximum Gasteiger partial charge on any atom is 0.149 e. The number of halogens is 1. The number of aromatic nitrogens is 3. The van der Waals surface area contributed by atoms with Crippen molar-refractivity contribution < 1.29 is 5.11 Å². The third-order valence-corrected chi connectivity index (χ3v) is 1.64. The minimum absolute atomic E-state index is 0.0123. The zero-order chi connectivity index (χ0) is 11.1. The molecule has 15 heavy (non-hydrogen) atoms. The molecule has 0 aliphatic rings. The van der Waals surface area contributed by atoms with Crippen molar-refractivity contribution in [2.45, 2.75) is 6.42 Å². The van der Waals surface area contributed by atoms with Crippen molar-refractivity contribution in [2.24, 2.45) is 4.99 Å². The van der Waals surface area contributed by atoms with Crippen molar-refractivity contribution in [1.82, 2.24) is 15.0 Å². The van der Waals surface area contributed by atoms with Gasteiger partial charge < -0.3 is 5.11 Å². The Bertz CT molecular complexity index is 384. The standard InChI is InChI=1S/C8H10ClN5O/c9-6-11-3-1-8(10)14-5-7(2-4-15)12-13-14/h1,3,5-6,10,15H,2,4H2/b3-1-,10-8?,11-6?. The van der Waals surface area contributed by atoms with Gasteiger partial charge in [-0.05, 0) is 0 Å². The van der Waals surface area contributed by atoms with Crippen LogP contribution < -0.4 is 0 Å². The fraction of sp³-hybridized carbons (Fsp3) is 0.250. The molecule has 1 aromatic rings. The van der Waals surface area contributed by atoms with Gasteiger partial charge in [0, 0.05) is 25.3 Å². The molecule has 2 N–H and O–H groups in total. The van der Waals surface area contributed by atoms with Crippen LogP contribution in [0.5, 0.6) is 0 Å². The average Bonchev–Trinajstić information content (AvgIpc) is 2.67. The van der Waals surface area contributed by atoms with Crippen molar-refractivity contribution >= 4 is 23.1 Å². The molecule has 0 aliphatic heterocycles. The Labute approximate surface area is 91.4 Å². The number of nitrogens with zero attached hydrogens (tertiary/aromatic N) is 4. The number of hydrogen-bond donors (Lipinski definition) is 2. The number of aliphatic hydroxyl groups excluding tert-OH is 1. The molecular formula is C8H10ClN5O. The van der Waals surface area contributed by atoms with Crippen LogP contribution in [0.1, 0.15) is 5.69 Å². The van der Waals surface area contributed by atoms with Gasteiger partial charge >= 0.3 is 0 Å². The summed E-state index contributed by atoms with van der Waals surface area (Å²) < 4.78 is 1.28. The van der Waals surface area contributed by atoms with Gasteiger partial charge in [0.2, 0.25) is 0 Å². The number of hydrogen-bond acceptors (Lipinski definition) is 5. The van der Waals surface area contributed by atoms with Crippen molar-refractivity contribution in [3.8, 4) is 0 Å². The van der Waals surface area contributed by atoms with Crippen LogP contribution in [0.3, 0.4) is 0 Å². The van der Waals surface area contributed by atoms with Gasteiger partial charge in [0.25, 0.3) is 0 Å². The van der Waals surface area contributed by atoms with Crippen molar-refractivity contribution in [2.75, 3.05) is 6.61 Å². The first-order chi connectivity index (χ1) is 7.27. The van der Waals surface area contributed by atoms with Gasteiger partial charge in [-0.3, -0.25) is 10.4 Å². The van der Waals surface area contributed by atoms with Gasteiger partial charge in [0.05, 0.1) is 17.6 Å². The fourth-order valence-corrected chi connectivity index (χ4v) is 0.933. The zero-order valence-corrected chi connectivity index (χ0v) is 8.59. The Morgan fingerprint density at radius 2 is 2.53 bits per heavy atom.